The molecule has 2 heterocycles. The molecule has 4 rings (SSSR count). The molecule has 2 aromatic carbocycles. The second-order valence-corrected chi connectivity index (χ2v) is 11.1. The van der Waals surface area contributed by atoms with Gasteiger partial charge in [-0.25, -0.2) is 0 Å². The molecule has 2 aliphatic heterocycles. The fourth-order valence-corrected chi connectivity index (χ4v) is 5.68. The van der Waals surface area contributed by atoms with E-state index in [1.165, 1.54) is 0 Å². The number of amides is 3. The number of benzene rings is 2. The van der Waals surface area contributed by atoms with Crippen LogP contribution in [0.4, 0.5) is 4.79 Å². The molecule has 2 saturated heterocycles. The molecule has 0 radical (unpaired) electrons. The number of imide groups is 1. The summed E-state index contributed by atoms with van der Waals surface area (Å²) in [6, 6.07) is 11.6. The molecule has 2 fully saturated rings. The third kappa shape index (κ3) is 6.39. The van der Waals surface area contributed by atoms with E-state index in [2.05, 4.69) is 38.5 Å². The van der Waals surface area contributed by atoms with Crippen molar-refractivity contribution in [3.8, 4) is 11.5 Å². The fraction of sp³-hybridized carbons (Fsp3) is 0.320. The molecule has 2 aliphatic rings. The monoisotopic (exact) mass is 670 g/mol. The maximum Gasteiger partial charge on any atom is 0.294 e. The van der Waals surface area contributed by atoms with Crippen molar-refractivity contribution in [1.82, 2.24) is 9.80 Å². The summed E-state index contributed by atoms with van der Waals surface area (Å²) in [5.74, 6) is 0.547. The SMILES string of the molecule is CCOc1cc(/C=C2/SC(=O)N(CC(=O)N3CCCC3)C2=O)cc(I)c1OCc1ccc(Br)cc1. The van der Waals surface area contributed by atoms with E-state index in [1.807, 2.05) is 37.3 Å². The van der Waals surface area contributed by atoms with Crippen LogP contribution in [0.25, 0.3) is 6.08 Å². The molecule has 3 amide bonds. The lowest BCUT2D eigenvalue weighted by Crippen LogP contribution is -2.40. The maximum absolute atomic E-state index is 12.9. The van der Waals surface area contributed by atoms with Crippen LogP contribution in [0.15, 0.2) is 45.8 Å². The van der Waals surface area contributed by atoms with Crippen molar-refractivity contribution in [2.75, 3.05) is 26.2 Å². The molecular weight excluding hydrogens is 647 g/mol. The number of ether oxygens (including phenoxy) is 2. The summed E-state index contributed by atoms with van der Waals surface area (Å²) in [5, 5.41) is -0.428. The van der Waals surface area contributed by atoms with Gasteiger partial charge in [0.1, 0.15) is 13.2 Å². The summed E-state index contributed by atoms with van der Waals surface area (Å²) in [6.45, 7) is 3.86. The second kappa shape index (κ2) is 11.8. The Morgan fingerprint density at radius 1 is 1.14 bits per heavy atom. The van der Waals surface area contributed by atoms with E-state index in [4.69, 9.17) is 9.47 Å². The summed E-state index contributed by atoms with van der Waals surface area (Å²) in [4.78, 5) is 40.8. The van der Waals surface area contributed by atoms with Crippen molar-refractivity contribution in [1.29, 1.82) is 0 Å². The van der Waals surface area contributed by atoms with Crippen LogP contribution in [0, 0.1) is 3.57 Å². The number of hydrogen-bond donors (Lipinski definition) is 0. The van der Waals surface area contributed by atoms with Crippen molar-refractivity contribution in [2.45, 2.75) is 26.4 Å². The largest absolute Gasteiger partial charge is 0.490 e. The predicted molar refractivity (Wildman–Crippen MR) is 147 cm³/mol. The molecule has 0 N–H and O–H groups in total. The summed E-state index contributed by atoms with van der Waals surface area (Å²) in [7, 11) is 0. The first-order valence-electron chi connectivity index (χ1n) is 11.2. The van der Waals surface area contributed by atoms with Crippen LogP contribution in [-0.4, -0.2) is 53.1 Å². The minimum Gasteiger partial charge on any atom is -0.490 e. The molecule has 35 heavy (non-hydrogen) atoms. The Labute approximate surface area is 230 Å². The van der Waals surface area contributed by atoms with E-state index in [0.29, 0.717) is 43.4 Å². The topological polar surface area (TPSA) is 76.2 Å². The first-order chi connectivity index (χ1) is 16.9. The molecule has 7 nitrogen and oxygen atoms in total. The van der Waals surface area contributed by atoms with Crippen molar-refractivity contribution < 1.29 is 23.9 Å². The minimum atomic E-state index is -0.448. The molecule has 0 aliphatic carbocycles. The second-order valence-electron chi connectivity index (χ2n) is 8.03. The van der Waals surface area contributed by atoms with Gasteiger partial charge in [-0.1, -0.05) is 28.1 Å². The lowest BCUT2D eigenvalue weighted by molar-refractivity contribution is -0.135. The summed E-state index contributed by atoms with van der Waals surface area (Å²) < 4.78 is 13.7. The van der Waals surface area contributed by atoms with E-state index >= 15 is 0 Å². The summed E-state index contributed by atoms with van der Waals surface area (Å²) >= 11 is 6.46. The van der Waals surface area contributed by atoms with Crippen LogP contribution < -0.4 is 9.47 Å². The average Bonchev–Trinajstić information content (AvgIpc) is 3.45. The molecule has 0 aromatic heterocycles. The van der Waals surface area contributed by atoms with Gasteiger partial charge < -0.3 is 14.4 Å². The number of carbonyl (C=O) groups is 3. The highest BCUT2D eigenvalue weighted by molar-refractivity contribution is 14.1. The van der Waals surface area contributed by atoms with E-state index in [1.54, 1.807) is 17.0 Å². The van der Waals surface area contributed by atoms with Gasteiger partial charge in [-0.15, -0.1) is 0 Å². The Kier molecular flexibility index (Phi) is 8.77. The van der Waals surface area contributed by atoms with Crippen LogP contribution in [0.1, 0.15) is 30.9 Å². The molecule has 2 aromatic rings. The standard InChI is InChI=1S/C25H24BrIN2O5S/c1-2-33-20-12-17(11-19(27)23(20)34-15-16-5-7-18(26)8-6-16)13-21-24(31)29(25(32)35-21)14-22(30)28-9-3-4-10-28/h5-8,11-13H,2-4,9-10,14-15H2,1H3/b21-13+. The molecule has 184 valence electrons. The van der Waals surface area contributed by atoms with Crippen LogP contribution in [0.2, 0.25) is 0 Å². The van der Waals surface area contributed by atoms with Gasteiger partial charge in [0.15, 0.2) is 11.5 Å². The molecule has 10 heteroatoms. The minimum absolute atomic E-state index is 0.188. The lowest BCUT2D eigenvalue weighted by Gasteiger charge is -2.18. The van der Waals surface area contributed by atoms with Gasteiger partial charge in [-0.05, 0) is 95.6 Å². The maximum atomic E-state index is 12.9. The van der Waals surface area contributed by atoms with E-state index in [0.717, 1.165) is 43.1 Å². The number of thioether (sulfide) groups is 1. The van der Waals surface area contributed by atoms with E-state index in [-0.39, 0.29) is 17.4 Å². The Hall–Kier alpha value is -2.05. The first-order valence-corrected chi connectivity index (χ1v) is 13.9. The summed E-state index contributed by atoms with van der Waals surface area (Å²) in [5.41, 5.74) is 1.73. The van der Waals surface area contributed by atoms with Crippen molar-refractivity contribution >= 4 is 73.4 Å². The van der Waals surface area contributed by atoms with Gasteiger partial charge in [-0.2, -0.15) is 0 Å². The Balaban J connectivity index is 1.51. The predicted octanol–water partition coefficient (Wildman–Crippen LogP) is 5.69. The quantitative estimate of drug-likeness (QED) is 0.265. The fourth-order valence-electron chi connectivity index (χ4n) is 3.80. The molecule has 0 bridgehead atoms. The van der Waals surface area contributed by atoms with Crippen LogP contribution >= 0.6 is 50.3 Å². The normalized spacial score (nSPS) is 16.9. The van der Waals surface area contributed by atoms with Gasteiger partial charge in [-0.3, -0.25) is 19.3 Å². The van der Waals surface area contributed by atoms with Gasteiger partial charge >= 0.3 is 0 Å². The average molecular weight is 671 g/mol. The number of carbonyl (C=O) groups excluding carboxylic acids is 3. The first kappa shape index (κ1) is 26.0. The molecule has 0 atom stereocenters. The van der Waals surface area contributed by atoms with Gasteiger partial charge in [0.05, 0.1) is 15.1 Å². The zero-order valence-corrected chi connectivity index (χ0v) is 23.7. The highest BCUT2D eigenvalue weighted by atomic mass is 127. The van der Waals surface area contributed by atoms with Gasteiger partial charge in [0, 0.05) is 17.6 Å². The van der Waals surface area contributed by atoms with Crippen molar-refractivity contribution in [2.24, 2.45) is 0 Å². The highest BCUT2D eigenvalue weighted by Gasteiger charge is 2.37. The van der Waals surface area contributed by atoms with Crippen molar-refractivity contribution in [3.05, 3.63) is 60.5 Å². The third-order valence-electron chi connectivity index (χ3n) is 5.55. The van der Waals surface area contributed by atoms with Gasteiger partial charge in [0.25, 0.3) is 11.1 Å². The zero-order chi connectivity index (χ0) is 24.9. The Bertz CT molecular complexity index is 1170. The zero-order valence-electron chi connectivity index (χ0n) is 19.1. The van der Waals surface area contributed by atoms with E-state index < -0.39 is 11.1 Å². The number of nitrogens with zero attached hydrogens (tertiary/aromatic N) is 2. The molecule has 0 unspecified atom stereocenters. The lowest BCUT2D eigenvalue weighted by atomic mass is 10.1. The number of hydrogen-bond acceptors (Lipinski definition) is 6. The summed E-state index contributed by atoms with van der Waals surface area (Å²) in [6.07, 6.45) is 3.57. The van der Waals surface area contributed by atoms with Gasteiger partial charge in [0.2, 0.25) is 5.91 Å². The smallest absolute Gasteiger partial charge is 0.294 e. The highest BCUT2D eigenvalue weighted by Crippen LogP contribution is 2.38. The molecular formula is C25H24BrIN2O5S. The molecule has 0 spiro atoms. The molecule has 0 saturated carbocycles. The number of rotatable bonds is 8. The van der Waals surface area contributed by atoms with Crippen LogP contribution in [0.3, 0.4) is 0 Å². The van der Waals surface area contributed by atoms with Crippen LogP contribution in [0.5, 0.6) is 11.5 Å². The van der Waals surface area contributed by atoms with Crippen LogP contribution in [-0.2, 0) is 16.2 Å². The third-order valence-corrected chi connectivity index (χ3v) is 7.79. The number of likely N-dealkylation sites (tertiary alicyclic amines) is 1. The number of halogens is 2. The van der Waals surface area contributed by atoms with E-state index in [9.17, 15) is 14.4 Å². The Morgan fingerprint density at radius 2 is 1.86 bits per heavy atom. The Morgan fingerprint density at radius 3 is 2.54 bits per heavy atom. The van der Waals surface area contributed by atoms with Crippen molar-refractivity contribution in [3.63, 3.8) is 0 Å².